The molecule has 211 valence electrons. The van der Waals surface area contributed by atoms with Crippen LogP contribution in [0.4, 0.5) is 0 Å². The molecule has 0 fully saturated rings. The standard InChI is InChI=1S/C30H26N8.Cu.2HI/c1-35-13-14-36(2)29(35)27-23-9-5-19(31-23)17-21-7-11-25(33-21)28(30-37(3)15-16-38(30)4)26-12-8-22(34-26)18-20-6-10-24(27)32-20;;;/h5-18H,1-4H3;;2*1H/q;+2;;/p-2. The Hall–Kier alpha value is -3.00. The fraction of sp³-hybridized carbons (Fsp3) is 0.133. The third-order valence-electron chi connectivity index (χ3n) is 7.07. The largest absolute Gasteiger partial charge is 2.00 e. The second kappa shape index (κ2) is 12.1. The Morgan fingerprint density at radius 1 is 0.756 bits per heavy atom. The van der Waals surface area contributed by atoms with Gasteiger partial charge in [0.1, 0.15) is 18.2 Å². The molecule has 0 aliphatic carbocycles. The normalized spacial score (nSPS) is 18.2. The molecular weight excluding hydrogens is 790 g/mol. The first-order valence-electron chi connectivity index (χ1n) is 12.5. The minimum Gasteiger partial charge on any atom is -1.00 e. The molecule has 7 rings (SSSR count). The molecule has 8 nitrogen and oxygen atoms in total. The third kappa shape index (κ3) is 5.47. The number of fused-ring (bicyclic) bond motifs is 5. The van der Waals surface area contributed by atoms with Crippen molar-refractivity contribution in [2.24, 2.45) is 29.1 Å². The van der Waals surface area contributed by atoms with Crippen molar-refractivity contribution in [2.75, 3.05) is 14.1 Å². The Kier molecular flexibility index (Phi) is 9.12. The predicted octanol–water partition coefficient (Wildman–Crippen LogP) is -2.60. The summed E-state index contributed by atoms with van der Waals surface area (Å²) in [5, 5.41) is 0. The molecule has 2 aromatic heterocycles. The number of imidazole rings is 1. The molecular formula is C30H26CuI2N8. The third-order valence-corrected chi connectivity index (χ3v) is 7.07. The molecule has 0 atom stereocenters. The van der Waals surface area contributed by atoms with Crippen molar-refractivity contribution in [1.82, 2.24) is 19.4 Å². The zero-order valence-corrected chi connectivity index (χ0v) is 28.0. The molecule has 2 aromatic rings. The number of aliphatic imine (C=N–C) groups is 3. The van der Waals surface area contributed by atoms with Crippen molar-refractivity contribution in [3.8, 4) is 0 Å². The zero-order valence-electron chi connectivity index (χ0n) is 22.7. The summed E-state index contributed by atoms with van der Waals surface area (Å²) in [6.45, 7) is 0. The molecule has 0 aromatic carbocycles. The average molecular weight is 816 g/mol. The van der Waals surface area contributed by atoms with Gasteiger partial charge in [0.25, 0.3) is 5.82 Å². The molecule has 0 spiro atoms. The summed E-state index contributed by atoms with van der Waals surface area (Å²) in [6, 6.07) is 4.09. The van der Waals surface area contributed by atoms with Gasteiger partial charge in [0.2, 0.25) is 0 Å². The number of allylic oxidation sites excluding steroid dienone is 8. The Labute approximate surface area is 283 Å². The molecule has 5 aliphatic heterocycles. The van der Waals surface area contributed by atoms with E-state index < -0.39 is 0 Å². The SMILES string of the molecule is CN1C=CN(C)C1=C1C2=NC(=CC3=NC(=C(c4n(C)cc[n+]4C)c4ccc([n-]4)C=C4C=CC1=N4)C=C3)C=C2.[Cu+2].[I-].[I-]. The summed E-state index contributed by atoms with van der Waals surface area (Å²) in [5.41, 5.74) is 8.84. The van der Waals surface area contributed by atoms with Crippen LogP contribution in [-0.2, 0) is 31.2 Å². The van der Waals surface area contributed by atoms with E-state index in [1.165, 1.54) is 0 Å². The van der Waals surface area contributed by atoms with E-state index in [0.29, 0.717) is 0 Å². The van der Waals surface area contributed by atoms with Gasteiger partial charge in [0, 0.05) is 26.5 Å². The van der Waals surface area contributed by atoms with Crippen LogP contribution in [0.15, 0.2) is 123 Å². The summed E-state index contributed by atoms with van der Waals surface area (Å²) in [7, 11) is 8.16. The maximum Gasteiger partial charge on any atom is 2.00 e. The van der Waals surface area contributed by atoms with Crippen molar-refractivity contribution in [2.45, 2.75) is 0 Å². The van der Waals surface area contributed by atoms with Gasteiger partial charge in [-0.2, -0.15) is 0 Å². The van der Waals surface area contributed by atoms with Gasteiger partial charge in [-0.25, -0.2) is 24.1 Å². The van der Waals surface area contributed by atoms with E-state index >= 15 is 0 Å². The number of rotatable bonds is 1. The molecule has 8 bridgehead atoms. The first-order valence-corrected chi connectivity index (χ1v) is 12.5. The van der Waals surface area contributed by atoms with Crippen LogP contribution in [0, 0.1) is 0 Å². The molecule has 5 aliphatic rings. The van der Waals surface area contributed by atoms with Gasteiger partial charge in [-0.3, -0.25) is 0 Å². The smallest absolute Gasteiger partial charge is 1.00 e. The van der Waals surface area contributed by atoms with Crippen LogP contribution in [0.5, 0.6) is 0 Å². The number of halogens is 2. The molecule has 0 saturated carbocycles. The second-order valence-electron chi connectivity index (χ2n) is 9.75. The van der Waals surface area contributed by atoms with E-state index in [0.717, 1.165) is 68.4 Å². The molecule has 7 heterocycles. The zero-order chi connectivity index (χ0) is 26.0. The summed E-state index contributed by atoms with van der Waals surface area (Å²) in [6.07, 6.45) is 24.5. The predicted molar refractivity (Wildman–Crippen MR) is 150 cm³/mol. The van der Waals surface area contributed by atoms with Crippen LogP contribution in [0.3, 0.4) is 0 Å². The van der Waals surface area contributed by atoms with Crippen molar-refractivity contribution in [3.63, 3.8) is 0 Å². The van der Waals surface area contributed by atoms with E-state index in [4.69, 9.17) is 20.0 Å². The Balaban J connectivity index is 0.00000129. The van der Waals surface area contributed by atoms with E-state index in [9.17, 15) is 0 Å². The average Bonchev–Trinajstić information content (AvgIpc) is 3.73. The fourth-order valence-electron chi connectivity index (χ4n) is 5.30. The Bertz CT molecular complexity index is 1730. The van der Waals surface area contributed by atoms with Gasteiger partial charge in [-0.1, -0.05) is 18.2 Å². The quantitative estimate of drug-likeness (QED) is 0.181. The van der Waals surface area contributed by atoms with Gasteiger partial charge in [-0.05, 0) is 42.5 Å². The van der Waals surface area contributed by atoms with Crippen LogP contribution >= 0.6 is 0 Å². The number of hydrogen-bond acceptors (Lipinski definition) is 5. The number of nitrogens with zero attached hydrogens (tertiary/aromatic N) is 8. The van der Waals surface area contributed by atoms with Crippen molar-refractivity contribution in [3.05, 3.63) is 125 Å². The van der Waals surface area contributed by atoms with E-state index in [-0.39, 0.29) is 65.0 Å². The summed E-state index contributed by atoms with van der Waals surface area (Å²) in [5.74, 6) is 2.05. The van der Waals surface area contributed by atoms with Crippen LogP contribution in [0.25, 0.3) is 11.6 Å². The minimum absolute atomic E-state index is 0. The maximum absolute atomic E-state index is 5.00. The number of aromatic nitrogens is 3. The molecule has 0 saturated heterocycles. The van der Waals surface area contributed by atoms with Gasteiger partial charge in [-0.15, -0.1) is 11.4 Å². The monoisotopic (exact) mass is 815 g/mol. The number of hydrogen-bond donors (Lipinski definition) is 0. The van der Waals surface area contributed by atoms with E-state index in [2.05, 4.69) is 43.2 Å². The van der Waals surface area contributed by atoms with E-state index in [1.54, 1.807) is 0 Å². The van der Waals surface area contributed by atoms with Crippen molar-refractivity contribution in [1.29, 1.82) is 0 Å². The van der Waals surface area contributed by atoms with Gasteiger partial charge in [0.15, 0.2) is 0 Å². The molecule has 0 amide bonds. The summed E-state index contributed by atoms with van der Waals surface area (Å²) in [4.78, 5) is 24.2. The summed E-state index contributed by atoms with van der Waals surface area (Å²) >= 11 is 0. The van der Waals surface area contributed by atoms with E-state index in [1.807, 2.05) is 89.4 Å². The van der Waals surface area contributed by atoms with Crippen molar-refractivity contribution >= 4 is 28.8 Å². The number of aryl methyl sites for hydroxylation is 2. The van der Waals surface area contributed by atoms with Crippen LogP contribution in [0.2, 0.25) is 0 Å². The topological polar surface area (TPSA) is 66.5 Å². The molecule has 11 heteroatoms. The van der Waals surface area contributed by atoms with Gasteiger partial charge >= 0.3 is 17.1 Å². The van der Waals surface area contributed by atoms with Crippen LogP contribution in [0.1, 0.15) is 17.2 Å². The molecule has 41 heavy (non-hydrogen) atoms. The molecule has 0 N–H and O–H groups in total. The second-order valence-corrected chi connectivity index (χ2v) is 9.75. The van der Waals surface area contributed by atoms with Gasteiger partial charge in [0.05, 0.1) is 59.5 Å². The first kappa shape index (κ1) is 30.9. The summed E-state index contributed by atoms with van der Waals surface area (Å²) < 4.78 is 4.20. The Morgan fingerprint density at radius 3 is 2.05 bits per heavy atom. The van der Waals surface area contributed by atoms with Crippen LogP contribution in [-0.4, -0.2) is 45.6 Å². The minimum atomic E-state index is 0. The first-order chi connectivity index (χ1) is 18.4. The van der Waals surface area contributed by atoms with Crippen molar-refractivity contribution < 1.29 is 69.6 Å². The van der Waals surface area contributed by atoms with Gasteiger partial charge < -0.3 is 62.7 Å². The van der Waals surface area contributed by atoms with Crippen LogP contribution < -0.4 is 57.5 Å². The molecule has 0 unspecified atom stereocenters. The Morgan fingerprint density at radius 2 is 1.41 bits per heavy atom. The fourth-order valence-corrected chi connectivity index (χ4v) is 5.30. The maximum atomic E-state index is 5.00. The molecule has 1 radical (unpaired) electrons.